The molecule has 1 heterocycles. The van der Waals surface area contributed by atoms with E-state index in [1.165, 1.54) is 5.56 Å². The maximum Gasteiger partial charge on any atom is 0.253 e. The van der Waals surface area contributed by atoms with Crippen LogP contribution in [0.4, 0.5) is 0 Å². The second-order valence-electron chi connectivity index (χ2n) is 7.37. The second kappa shape index (κ2) is 7.48. The molecule has 1 aromatic carbocycles. The summed E-state index contributed by atoms with van der Waals surface area (Å²) in [7, 11) is 1.77. The number of aromatic amines is 1. The molecule has 0 radical (unpaired) electrons. The van der Waals surface area contributed by atoms with Gasteiger partial charge in [0.1, 0.15) is 0 Å². The van der Waals surface area contributed by atoms with Gasteiger partial charge in [0.25, 0.3) is 5.91 Å². The Morgan fingerprint density at radius 2 is 2.19 bits per heavy atom. The first kappa shape index (κ1) is 18.4. The number of benzene rings is 1. The number of carbonyl (C=O) groups is 1. The third-order valence-electron chi connectivity index (χ3n) is 5.22. The molecule has 3 atom stereocenters. The summed E-state index contributed by atoms with van der Waals surface area (Å²) < 4.78 is 0. The number of aromatic nitrogens is 1. The summed E-state index contributed by atoms with van der Waals surface area (Å²) in [5, 5.41) is 15.3. The van der Waals surface area contributed by atoms with Crippen LogP contribution >= 0.6 is 0 Å². The summed E-state index contributed by atoms with van der Waals surface area (Å²) in [4.78, 5) is 15.8. The van der Waals surface area contributed by atoms with Crippen LogP contribution in [-0.2, 0) is 4.79 Å². The van der Waals surface area contributed by atoms with Gasteiger partial charge in [-0.25, -0.2) is 5.43 Å². The van der Waals surface area contributed by atoms with E-state index in [4.69, 9.17) is 5.26 Å². The highest BCUT2D eigenvalue weighted by Crippen LogP contribution is 2.49. The molecule has 1 aliphatic rings. The first-order chi connectivity index (χ1) is 12.5. The van der Waals surface area contributed by atoms with Crippen LogP contribution in [0.15, 0.2) is 24.4 Å². The summed E-state index contributed by atoms with van der Waals surface area (Å²) in [5.41, 5.74) is 6.00. The average molecular weight is 353 g/mol. The lowest BCUT2D eigenvalue weighted by Crippen LogP contribution is -2.53. The molecular formula is C20H27N5O. The quantitative estimate of drug-likeness (QED) is 0.668. The van der Waals surface area contributed by atoms with Crippen molar-refractivity contribution in [2.24, 2.45) is 5.92 Å². The number of nitrogens with zero attached hydrogens (tertiary/aromatic N) is 2. The minimum Gasteiger partial charge on any atom is -0.361 e. The van der Waals surface area contributed by atoms with Crippen molar-refractivity contribution in [2.75, 3.05) is 13.6 Å². The Morgan fingerprint density at radius 3 is 2.85 bits per heavy atom. The fraction of sp³-hybridized carbons (Fsp3) is 0.500. The smallest absolute Gasteiger partial charge is 0.253 e. The molecule has 3 unspecified atom stereocenters. The molecule has 0 spiro atoms. The maximum absolute atomic E-state index is 12.5. The molecule has 138 valence electrons. The summed E-state index contributed by atoms with van der Waals surface area (Å²) in [6, 6.07) is 7.87. The molecule has 0 bridgehead atoms. The van der Waals surface area contributed by atoms with Gasteiger partial charge in [-0.15, -0.1) is 0 Å². The molecule has 1 fully saturated rings. The number of fused-ring (bicyclic) bond motifs is 1. The zero-order valence-electron chi connectivity index (χ0n) is 15.8. The van der Waals surface area contributed by atoms with Crippen LogP contribution in [0.1, 0.15) is 44.2 Å². The van der Waals surface area contributed by atoms with Gasteiger partial charge in [-0.2, -0.15) is 5.26 Å². The maximum atomic E-state index is 12.5. The van der Waals surface area contributed by atoms with Gasteiger partial charge in [-0.05, 0) is 69.3 Å². The highest BCUT2D eigenvalue weighted by atomic mass is 16.2. The monoisotopic (exact) mass is 353 g/mol. The number of hydrazine groups is 1. The Kier molecular flexibility index (Phi) is 5.30. The van der Waals surface area contributed by atoms with Gasteiger partial charge in [0.2, 0.25) is 0 Å². The molecule has 3 rings (SSSR count). The zero-order chi connectivity index (χ0) is 18.8. The normalized spacial score (nSPS) is 20.2. The molecule has 1 amide bonds. The lowest BCUT2D eigenvalue weighted by Gasteiger charge is -2.28. The van der Waals surface area contributed by atoms with Crippen LogP contribution in [-0.4, -0.2) is 41.6 Å². The molecule has 0 saturated heterocycles. The fourth-order valence-electron chi connectivity index (χ4n) is 3.62. The largest absolute Gasteiger partial charge is 0.361 e. The second-order valence-corrected chi connectivity index (χ2v) is 7.37. The molecule has 6 heteroatoms. The van der Waals surface area contributed by atoms with Gasteiger partial charge >= 0.3 is 0 Å². The zero-order valence-corrected chi connectivity index (χ0v) is 15.8. The summed E-state index contributed by atoms with van der Waals surface area (Å²) in [6.07, 6.45) is 3.17. The van der Waals surface area contributed by atoms with E-state index in [1.807, 2.05) is 39.0 Å². The fourth-order valence-corrected chi connectivity index (χ4v) is 3.62. The molecular weight excluding hydrogens is 326 g/mol. The molecule has 1 aromatic heterocycles. The van der Waals surface area contributed by atoms with E-state index < -0.39 is 0 Å². The number of carbonyl (C=O) groups excluding carboxylic acids is 1. The van der Waals surface area contributed by atoms with E-state index in [-0.39, 0.29) is 18.0 Å². The minimum atomic E-state index is -0.223. The number of H-pyrrole nitrogens is 1. The van der Waals surface area contributed by atoms with Gasteiger partial charge < -0.3 is 10.3 Å². The third kappa shape index (κ3) is 3.59. The number of hydrogen-bond acceptors (Lipinski definition) is 4. The first-order valence-corrected chi connectivity index (χ1v) is 9.21. The molecule has 0 aliphatic heterocycles. The Morgan fingerprint density at radius 1 is 1.42 bits per heavy atom. The first-order valence-electron chi connectivity index (χ1n) is 9.21. The Hall–Kier alpha value is -2.36. The summed E-state index contributed by atoms with van der Waals surface area (Å²) in [6.45, 7) is 6.71. The number of nitriles is 1. The third-order valence-corrected chi connectivity index (χ3v) is 5.22. The Bertz CT molecular complexity index is 834. The molecule has 6 nitrogen and oxygen atoms in total. The van der Waals surface area contributed by atoms with Crippen LogP contribution in [0.3, 0.4) is 0 Å². The molecule has 26 heavy (non-hydrogen) atoms. The molecule has 2 aromatic rings. The highest BCUT2D eigenvalue weighted by Gasteiger charge is 2.39. The Balaban J connectivity index is 1.60. The van der Waals surface area contributed by atoms with Gasteiger partial charge in [0, 0.05) is 30.2 Å². The number of amides is 1. The predicted molar refractivity (Wildman–Crippen MR) is 102 cm³/mol. The van der Waals surface area contributed by atoms with Crippen LogP contribution in [0.2, 0.25) is 0 Å². The van der Waals surface area contributed by atoms with Crippen molar-refractivity contribution < 1.29 is 4.79 Å². The van der Waals surface area contributed by atoms with Crippen LogP contribution in [0, 0.1) is 17.2 Å². The van der Waals surface area contributed by atoms with Crippen molar-refractivity contribution in [2.45, 2.75) is 45.2 Å². The summed E-state index contributed by atoms with van der Waals surface area (Å²) in [5.74, 6) is 1.07. The SMILES string of the molecule is CNN(C(=O)C(C)NCC1CC1c1c[nH]c2ccc(C#N)cc12)C(C)C. The minimum absolute atomic E-state index is 0.0606. The van der Waals surface area contributed by atoms with Crippen LogP contribution in [0.5, 0.6) is 0 Å². The van der Waals surface area contributed by atoms with Gasteiger partial charge in [-0.1, -0.05) is 0 Å². The van der Waals surface area contributed by atoms with Gasteiger partial charge in [0.05, 0.1) is 17.7 Å². The van der Waals surface area contributed by atoms with Gasteiger partial charge in [0.15, 0.2) is 0 Å². The van der Waals surface area contributed by atoms with Crippen LogP contribution in [0.25, 0.3) is 10.9 Å². The lowest BCUT2D eigenvalue weighted by molar-refractivity contribution is -0.137. The predicted octanol–water partition coefficient (Wildman–Crippen LogP) is 2.49. The molecule has 3 N–H and O–H groups in total. The average Bonchev–Trinajstić information content (AvgIpc) is 3.28. The highest BCUT2D eigenvalue weighted by molar-refractivity contribution is 5.85. The van der Waals surface area contributed by atoms with Crippen molar-refractivity contribution in [3.8, 4) is 6.07 Å². The lowest BCUT2D eigenvalue weighted by atomic mass is 10.1. The number of nitrogens with one attached hydrogen (secondary N) is 3. The Labute approximate surface area is 154 Å². The van der Waals surface area contributed by atoms with Crippen molar-refractivity contribution in [1.29, 1.82) is 5.26 Å². The standard InChI is InChI=1S/C20H27N5O/c1-12(2)25(22-4)20(26)13(3)23-10-15-8-16(15)18-11-24-19-6-5-14(9-21)7-17(18)19/h5-7,11-13,15-16,22-24H,8,10H2,1-4H3. The molecule has 1 saturated carbocycles. The van der Waals surface area contributed by atoms with E-state index in [0.29, 0.717) is 17.4 Å². The van der Waals surface area contributed by atoms with Crippen molar-refractivity contribution in [3.63, 3.8) is 0 Å². The van der Waals surface area contributed by atoms with E-state index in [0.717, 1.165) is 23.9 Å². The van der Waals surface area contributed by atoms with Crippen molar-refractivity contribution in [1.82, 2.24) is 20.7 Å². The van der Waals surface area contributed by atoms with E-state index >= 15 is 0 Å². The van der Waals surface area contributed by atoms with Crippen LogP contribution < -0.4 is 10.7 Å². The number of rotatable bonds is 7. The van der Waals surface area contributed by atoms with Crippen molar-refractivity contribution >= 4 is 16.8 Å². The van der Waals surface area contributed by atoms with Crippen molar-refractivity contribution in [3.05, 3.63) is 35.5 Å². The van der Waals surface area contributed by atoms with E-state index in [9.17, 15) is 4.79 Å². The topological polar surface area (TPSA) is 84.0 Å². The van der Waals surface area contributed by atoms with E-state index in [1.54, 1.807) is 12.1 Å². The number of hydrogen-bond donors (Lipinski definition) is 3. The molecule has 1 aliphatic carbocycles. The van der Waals surface area contributed by atoms with E-state index in [2.05, 4.69) is 28.0 Å². The van der Waals surface area contributed by atoms with Gasteiger partial charge in [-0.3, -0.25) is 9.80 Å². The summed E-state index contributed by atoms with van der Waals surface area (Å²) >= 11 is 0.